The minimum Gasteiger partial charge on any atom is -0.480 e. The van der Waals surface area contributed by atoms with Gasteiger partial charge in [0, 0.05) is 20.1 Å². The Morgan fingerprint density at radius 1 is 1.56 bits per heavy atom. The summed E-state index contributed by atoms with van der Waals surface area (Å²) >= 11 is 0.257. The molecule has 0 bridgehead atoms. The summed E-state index contributed by atoms with van der Waals surface area (Å²) in [5.41, 5.74) is 0. The van der Waals surface area contributed by atoms with Gasteiger partial charge in [-0.15, -0.1) is 10.2 Å². The maximum absolute atomic E-state index is 12.2. The molecule has 1 atom stereocenters. The Morgan fingerprint density at radius 2 is 2.22 bits per heavy atom. The van der Waals surface area contributed by atoms with Gasteiger partial charge in [-0.3, -0.25) is 0 Å². The molecule has 0 aliphatic heterocycles. The Hall–Kier alpha value is -1.42. The van der Waals surface area contributed by atoms with E-state index in [-0.39, 0.29) is 29.5 Å². The van der Waals surface area contributed by atoms with Crippen molar-refractivity contribution in [3.8, 4) is 0 Å². The molecule has 1 unspecified atom stereocenters. The van der Waals surface area contributed by atoms with E-state index in [1.165, 1.54) is 7.11 Å². The fourth-order valence-electron chi connectivity index (χ4n) is 1.04. The molecule has 0 radical (unpaired) electrons. The smallest absolute Gasteiger partial charge is 0.445 e. The number of anilines is 1. The van der Waals surface area contributed by atoms with Gasteiger partial charge in [0.05, 0.1) is 0 Å². The standard InChI is InChI=1S/C8H10F3N3O3S/c1-17-3-2-4(5(15)16)12-7-14-13-6(18-7)8(9,10)11/h4H,2-3H2,1H3,(H,12,14)(H,15,16). The number of alkyl halides is 3. The topological polar surface area (TPSA) is 84.3 Å². The van der Waals surface area contributed by atoms with Crippen LogP contribution in [0, 0.1) is 0 Å². The monoisotopic (exact) mass is 285 g/mol. The van der Waals surface area contributed by atoms with Gasteiger partial charge in [-0.05, 0) is 0 Å². The summed E-state index contributed by atoms with van der Waals surface area (Å²) in [5, 5.41) is 16.1. The Labute approximate surface area is 104 Å². The third-order valence-electron chi connectivity index (χ3n) is 1.87. The molecule has 18 heavy (non-hydrogen) atoms. The van der Waals surface area contributed by atoms with E-state index in [1.54, 1.807) is 0 Å². The summed E-state index contributed by atoms with van der Waals surface area (Å²) in [6.07, 6.45) is -4.48. The van der Waals surface area contributed by atoms with Gasteiger partial charge in [-0.25, -0.2) is 4.79 Å². The molecular weight excluding hydrogens is 275 g/mol. The number of hydrogen-bond acceptors (Lipinski definition) is 6. The van der Waals surface area contributed by atoms with Gasteiger partial charge in [0.15, 0.2) is 0 Å². The van der Waals surface area contributed by atoms with Gasteiger partial charge in [0.2, 0.25) is 10.1 Å². The highest BCUT2D eigenvalue weighted by Crippen LogP contribution is 2.33. The minimum absolute atomic E-state index is 0.104. The third-order valence-corrected chi connectivity index (χ3v) is 2.77. The Balaban J connectivity index is 2.69. The van der Waals surface area contributed by atoms with Crippen LogP contribution in [0.2, 0.25) is 0 Å². The lowest BCUT2D eigenvalue weighted by molar-refractivity contribution is -0.139. The number of nitrogens with zero attached hydrogens (tertiary/aromatic N) is 2. The second kappa shape index (κ2) is 5.96. The van der Waals surface area contributed by atoms with Crippen molar-refractivity contribution in [1.29, 1.82) is 0 Å². The van der Waals surface area contributed by atoms with Crippen molar-refractivity contribution in [2.75, 3.05) is 19.0 Å². The zero-order valence-electron chi connectivity index (χ0n) is 9.19. The summed E-state index contributed by atoms with van der Waals surface area (Å²) in [7, 11) is 1.39. The number of carboxylic acids is 1. The van der Waals surface area contributed by atoms with Gasteiger partial charge in [-0.2, -0.15) is 13.2 Å². The summed E-state index contributed by atoms with van der Waals surface area (Å²) in [6.45, 7) is 0.162. The van der Waals surface area contributed by atoms with Crippen molar-refractivity contribution >= 4 is 22.4 Å². The summed E-state index contributed by atoms with van der Waals surface area (Å²) in [6, 6.07) is -1.07. The van der Waals surface area contributed by atoms with Gasteiger partial charge in [-0.1, -0.05) is 11.3 Å². The van der Waals surface area contributed by atoms with Crippen LogP contribution in [0.1, 0.15) is 11.4 Å². The molecule has 1 aromatic rings. The van der Waals surface area contributed by atoms with E-state index in [9.17, 15) is 18.0 Å². The molecule has 1 rings (SSSR count). The van der Waals surface area contributed by atoms with Crippen LogP contribution in [0.5, 0.6) is 0 Å². The van der Waals surface area contributed by atoms with Gasteiger partial charge >= 0.3 is 12.1 Å². The van der Waals surface area contributed by atoms with E-state index in [2.05, 4.69) is 15.5 Å². The summed E-state index contributed by atoms with van der Waals surface area (Å²) in [4.78, 5) is 10.8. The normalized spacial score (nSPS) is 13.3. The number of hydrogen-bond donors (Lipinski definition) is 2. The average Bonchev–Trinajstić information content (AvgIpc) is 2.71. The number of nitrogens with one attached hydrogen (secondary N) is 1. The fraction of sp³-hybridized carbons (Fsp3) is 0.625. The number of ether oxygens (including phenoxy) is 1. The van der Waals surface area contributed by atoms with Crippen molar-refractivity contribution in [2.24, 2.45) is 0 Å². The molecule has 0 aromatic carbocycles. The molecule has 10 heteroatoms. The number of rotatable bonds is 6. The predicted octanol–water partition coefficient (Wildman–Crippen LogP) is 1.46. The van der Waals surface area contributed by atoms with Crippen molar-refractivity contribution in [2.45, 2.75) is 18.6 Å². The SMILES string of the molecule is COCCC(Nc1nnc(C(F)(F)F)s1)C(=O)O. The maximum Gasteiger partial charge on any atom is 0.445 e. The van der Waals surface area contributed by atoms with Crippen LogP contribution in [-0.4, -0.2) is 41.0 Å². The molecule has 0 saturated heterocycles. The Kier molecular flexibility index (Phi) is 4.84. The van der Waals surface area contributed by atoms with Crippen molar-refractivity contribution < 1.29 is 27.8 Å². The average molecular weight is 285 g/mol. The van der Waals surface area contributed by atoms with Crippen molar-refractivity contribution in [1.82, 2.24) is 10.2 Å². The first-order valence-electron chi connectivity index (χ1n) is 4.73. The Bertz CT molecular complexity index is 410. The van der Waals surface area contributed by atoms with Crippen LogP contribution in [0.15, 0.2) is 0 Å². The van der Waals surface area contributed by atoms with E-state index in [0.717, 1.165) is 0 Å². The lowest BCUT2D eigenvalue weighted by Crippen LogP contribution is -2.30. The van der Waals surface area contributed by atoms with Gasteiger partial charge < -0.3 is 15.2 Å². The maximum atomic E-state index is 12.2. The minimum atomic E-state index is -4.58. The first kappa shape index (κ1) is 14.6. The molecule has 0 fully saturated rings. The predicted molar refractivity (Wildman–Crippen MR) is 56.5 cm³/mol. The number of aliphatic carboxylic acids is 1. The largest absolute Gasteiger partial charge is 0.480 e. The molecule has 102 valence electrons. The molecule has 1 aromatic heterocycles. The van der Waals surface area contributed by atoms with Crippen LogP contribution in [0.4, 0.5) is 18.3 Å². The molecule has 0 aliphatic carbocycles. The molecule has 6 nitrogen and oxygen atoms in total. The van der Waals surface area contributed by atoms with Crippen molar-refractivity contribution in [3.05, 3.63) is 5.01 Å². The zero-order valence-corrected chi connectivity index (χ0v) is 10.0. The Morgan fingerprint density at radius 3 is 2.67 bits per heavy atom. The highest BCUT2D eigenvalue weighted by molar-refractivity contribution is 7.15. The van der Waals surface area contributed by atoms with Crippen LogP contribution >= 0.6 is 11.3 Å². The molecule has 0 spiro atoms. The van der Waals surface area contributed by atoms with E-state index in [1.807, 2.05) is 0 Å². The lowest BCUT2D eigenvalue weighted by Gasteiger charge is -2.12. The molecule has 2 N–H and O–H groups in total. The first-order valence-corrected chi connectivity index (χ1v) is 5.55. The second-order valence-corrected chi connectivity index (χ2v) is 4.20. The van der Waals surface area contributed by atoms with E-state index < -0.39 is 23.2 Å². The second-order valence-electron chi connectivity index (χ2n) is 3.23. The molecule has 1 heterocycles. The van der Waals surface area contributed by atoms with E-state index >= 15 is 0 Å². The first-order chi connectivity index (χ1) is 8.34. The fourth-order valence-corrected chi connectivity index (χ4v) is 1.70. The van der Waals surface area contributed by atoms with Gasteiger partial charge in [0.1, 0.15) is 6.04 Å². The lowest BCUT2D eigenvalue weighted by atomic mass is 10.2. The van der Waals surface area contributed by atoms with Crippen LogP contribution in [0.25, 0.3) is 0 Å². The van der Waals surface area contributed by atoms with Crippen LogP contribution in [0.3, 0.4) is 0 Å². The van der Waals surface area contributed by atoms with Crippen molar-refractivity contribution in [3.63, 3.8) is 0 Å². The highest BCUT2D eigenvalue weighted by atomic mass is 32.1. The number of methoxy groups -OCH3 is 1. The number of aromatic nitrogens is 2. The highest BCUT2D eigenvalue weighted by Gasteiger charge is 2.36. The number of carboxylic acid groups (broad SMARTS) is 1. The molecule has 0 aliphatic rings. The van der Waals surface area contributed by atoms with E-state index in [4.69, 9.17) is 9.84 Å². The summed E-state index contributed by atoms with van der Waals surface area (Å²) in [5.74, 6) is -1.20. The summed E-state index contributed by atoms with van der Waals surface area (Å²) < 4.78 is 41.4. The molecule has 0 amide bonds. The zero-order chi connectivity index (χ0) is 13.8. The molecular formula is C8H10F3N3O3S. The molecule has 0 saturated carbocycles. The third kappa shape index (κ3) is 4.11. The quantitative estimate of drug-likeness (QED) is 0.823. The van der Waals surface area contributed by atoms with Gasteiger partial charge in [0.25, 0.3) is 0 Å². The number of halogens is 3. The van der Waals surface area contributed by atoms with Crippen LogP contribution in [-0.2, 0) is 15.7 Å². The number of carbonyl (C=O) groups is 1. The van der Waals surface area contributed by atoms with E-state index in [0.29, 0.717) is 0 Å². The van der Waals surface area contributed by atoms with Crippen LogP contribution < -0.4 is 5.32 Å².